The first-order valence-electron chi connectivity index (χ1n) is 6.04. The van der Waals surface area contributed by atoms with Gasteiger partial charge in [-0.3, -0.25) is 19.9 Å². The highest BCUT2D eigenvalue weighted by atomic mass is 16.2. The number of aryl methyl sites for hydroxylation is 1. The monoisotopic (exact) mass is 252 g/mol. The van der Waals surface area contributed by atoms with E-state index in [1.165, 1.54) is 0 Å². The Bertz CT molecular complexity index is 732. The van der Waals surface area contributed by atoms with Crippen LogP contribution in [0.3, 0.4) is 0 Å². The van der Waals surface area contributed by atoms with Gasteiger partial charge in [-0.15, -0.1) is 0 Å². The molecule has 0 radical (unpaired) electrons. The first-order chi connectivity index (χ1) is 9.13. The number of amides is 2. The third kappa shape index (κ3) is 2.12. The number of fused-ring (bicyclic) bond motifs is 1. The fourth-order valence-electron chi connectivity index (χ4n) is 2.27. The van der Waals surface area contributed by atoms with E-state index in [-0.39, 0.29) is 18.2 Å². The predicted molar refractivity (Wildman–Crippen MR) is 72.2 cm³/mol. The second kappa shape index (κ2) is 4.31. The van der Waals surface area contributed by atoms with Gasteiger partial charge in [0.1, 0.15) is 0 Å². The van der Waals surface area contributed by atoms with Crippen molar-refractivity contribution in [2.75, 3.05) is 0 Å². The van der Waals surface area contributed by atoms with Crippen molar-refractivity contribution in [2.45, 2.75) is 13.3 Å². The normalized spacial score (nSPS) is 17.2. The maximum atomic E-state index is 11.6. The lowest BCUT2D eigenvalue weighted by Crippen LogP contribution is -2.19. The van der Waals surface area contributed by atoms with Crippen molar-refractivity contribution in [3.05, 3.63) is 47.2 Å². The van der Waals surface area contributed by atoms with E-state index < -0.39 is 0 Å². The Morgan fingerprint density at radius 2 is 2.05 bits per heavy atom. The summed E-state index contributed by atoms with van der Waals surface area (Å²) < 4.78 is 0. The SMILES string of the molecule is Cc1cc(C=C2CC(=O)NC2=O)c2ccccc2n1. The third-order valence-corrected chi connectivity index (χ3v) is 3.10. The number of imide groups is 1. The zero-order valence-corrected chi connectivity index (χ0v) is 10.4. The Balaban J connectivity index is 2.18. The minimum absolute atomic E-state index is 0.147. The Hall–Kier alpha value is -2.49. The molecular formula is C15H12N2O2. The minimum atomic E-state index is -0.302. The number of rotatable bonds is 1. The van der Waals surface area contributed by atoms with Gasteiger partial charge in [-0.2, -0.15) is 0 Å². The maximum absolute atomic E-state index is 11.6. The molecule has 0 aliphatic carbocycles. The average Bonchev–Trinajstić information content (AvgIpc) is 2.67. The minimum Gasteiger partial charge on any atom is -0.292 e. The standard InChI is InChI=1S/C15H12N2O2/c1-9-6-10(7-11-8-14(18)17-15(11)19)12-4-2-3-5-13(12)16-9/h2-7H,8H2,1H3,(H,17,18,19). The molecule has 94 valence electrons. The van der Waals surface area contributed by atoms with E-state index in [2.05, 4.69) is 10.3 Å². The van der Waals surface area contributed by atoms with Gasteiger partial charge in [0.25, 0.3) is 5.91 Å². The number of pyridine rings is 1. The summed E-state index contributed by atoms with van der Waals surface area (Å²) in [4.78, 5) is 27.2. The molecule has 4 nitrogen and oxygen atoms in total. The van der Waals surface area contributed by atoms with Gasteiger partial charge in [0.2, 0.25) is 5.91 Å². The van der Waals surface area contributed by atoms with Crippen molar-refractivity contribution < 1.29 is 9.59 Å². The fraction of sp³-hybridized carbons (Fsp3) is 0.133. The van der Waals surface area contributed by atoms with E-state index in [4.69, 9.17) is 0 Å². The molecule has 1 N–H and O–H groups in total. The molecule has 1 aliphatic heterocycles. The predicted octanol–water partition coefficient (Wildman–Crippen LogP) is 1.97. The molecule has 0 saturated carbocycles. The topological polar surface area (TPSA) is 59.1 Å². The molecule has 0 bridgehead atoms. The third-order valence-electron chi connectivity index (χ3n) is 3.10. The zero-order valence-electron chi connectivity index (χ0n) is 10.4. The highest BCUT2D eigenvalue weighted by Crippen LogP contribution is 2.22. The Labute approximate surface area is 110 Å². The highest BCUT2D eigenvalue weighted by Gasteiger charge is 2.23. The van der Waals surface area contributed by atoms with Gasteiger partial charge in [0.05, 0.1) is 11.9 Å². The fourth-order valence-corrected chi connectivity index (χ4v) is 2.27. The van der Waals surface area contributed by atoms with Gasteiger partial charge in [0.15, 0.2) is 0 Å². The maximum Gasteiger partial charge on any atom is 0.254 e. The summed E-state index contributed by atoms with van der Waals surface area (Å²) >= 11 is 0. The molecular weight excluding hydrogens is 240 g/mol. The van der Waals surface area contributed by atoms with Crippen LogP contribution in [0.25, 0.3) is 17.0 Å². The number of carbonyl (C=O) groups is 2. The summed E-state index contributed by atoms with van der Waals surface area (Å²) in [7, 11) is 0. The first-order valence-corrected chi connectivity index (χ1v) is 6.04. The van der Waals surface area contributed by atoms with E-state index in [1.54, 1.807) is 6.08 Å². The van der Waals surface area contributed by atoms with E-state index >= 15 is 0 Å². The number of hydrogen-bond acceptors (Lipinski definition) is 3. The number of carbonyl (C=O) groups excluding carboxylic acids is 2. The van der Waals surface area contributed by atoms with Crippen molar-refractivity contribution in [1.29, 1.82) is 0 Å². The van der Waals surface area contributed by atoms with Crippen LogP contribution in [-0.2, 0) is 9.59 Å². The summed E-state index contributed by atoms with van der Waals surface area (Å²) in [6, 6.07) is 9.68. The lowest BCUT2D eigenvalue weighted by Gasteiger charge is -2.04. The number of benzene rings is 1. The molecule has 0 atom stereocenters. The number of aromatic nitrogens is 1. The van der Waals surface area contributed by atoms with Crippen molar-refractivity contribution in [1.82, 2.24) is 10.3 Å². The van der Waals surface area contributed by atoms with Crippen molar-refractivity contribution in [3.8, 4) is 0 Å². The molecule has 19 heavy (non-hydrogen) atoms. The average molecular weight is 252 g/mol. The van der Waals surface area contributed by atoms with Gasteiger partial charge in [-0.25, -0.2) is 0 Å². The van der Waals surface area contributed by atoms with Crippen molar-refractivity contribution in [2.24, 2.45) is 0 Å². The van der Waals surface area contributed by atoms with Crippen LogP contribution in [0.15, 0.2) is 35.9 Å². The Kier molecular flexibility index (Phi) is 2.63. The molecule has 1 saturated heterocycles. The quantitative estimate of drug-likeness (QED) is 0.623. The van der Waals surface area contributed by atoms with Gasteiger partial charge < -0.3 is 0 Å². The van der Waals surface area contributed by atoms with Gasteiger partial charge in [-0.05, 0) is 30.7 Å². The lowest BCUT2D eigenvalue weighted by atomic mass is 10.0. The summed E-state index contributed by atoms with van der Waals surface area (Å²) in [6.45, 7) is 1.91. The molecule has 2 amide bonds. The summed E-state index contributed by atoms with van der Waals surface area (Å²) in [5, 5.41) is 3.27. The molecule has 1 fully saturated rings. The van der Waals surface area contributed by atoms with E-state index in [1.807, 2.05) is 37.3 Å². The number of nitrogens with zero attached hydrogens (tertiary/aromatic N) is 1. The van der Waals surface area contributed by atoms with Crippen LogP contribution >= 0.6 is 0 Å². The largest absolute Gasteiger partial charge is 0.292 e. The van der Waals surface area contributed by atoms with Crippen LogP contribution in [0.1, 0.15) is 17.7 Å². The van der Waals surface area contributed by atoms with Crippen LogP contribution in [0.2, 0.25) is 0 Å². The zero-order chi connectivity index (χ0) is 13.4. The molecule has 0 spiro atoms. The van der Waals surface area contributed by atoms with Crippen molar-refractivity contribution in [3.63, 3.8) is 0 Å². The number of hydrogen-bond donors (Lipinski definition) is 1. The number of nitrogens with one attached hydrogen (secondary N) is 1. The van der Waals surface area contributed by atoms with Crippen molar-refractivity contribution >= 4 is 28.8 Å². The van der Waals surface area contributed by atoms with Gasteiger partial charge in [-0.1, -0.05) is 18.2 Å². The second-order valence-electron chi connectivity index (χ2n) is 4.59. The first kappa shape index (κ1) is 11.6. The molecule has 2 aromatic rings. The smallest absolute Gasteiger partial charge is 0.254 e. The van der Waals surface area contributed by atoms with Crippen LogP contribution in [0, 0.1) is 6.92 Å². The van der Waals surface area contributed by atoms with E-state index in [0.29, 0.717) is 5.57 Å². The summed E-state index contributed by atoms with van der Waals surface area (Å²) in [6.07, 6.45) is 1.92. The van der Waals surface area contributed by atoms with Crippen LogP contribution in [0.5, 0.6) is 0 Å². The Morgan fingerprint density at radius 3 is 2.79 bits per heavy atom. The molecule has 1 aromatic carbocycles. The lowest BCUT2D eigenvalue weighted by molar-refractivity contribution is -0.124. The Morgan fingerprint density at radius 1 is 1.26 bits per heavy atom. The summed E-state index contributed by atoms with van der Waals surface area (Å²) in [5.74, 6) is -0.546. The molecule has 1 aromatic heterocycles. The molecule has 2 heterocycles. The van der Waals surface area contributed by atoms with Crippen LogP contribution in [-0.4, -0.2) is 16.8 Å². The van der Waals surface area contributed by atoms with Crippen LogP contribution in [0.4, 0.5) is 0 Å². The highest BCUT2D eigenvalue weighted by molar-refractivity contribution is 6.16. The molecule has 3 rings (SSSR count). The van der Waals surface area contributed by atoms with E-state index in [9.17, 15) is 9.59 Å². The van der Waals surface area contributed by atoms with Crippen LogP contribution < -0.4 is 5.32 Å². The molecule has 1 aliphatic rings. The van der Waals surface area contributed by atoms with E-state index in [0.717, 1.165) is 22.2 Å². The molecule has 4 heteroatoms. The summed E-state index contributed by atoms with van der Waals surface area (Å²) in [5.41, 5.74) is 3.19. The van der Waals surface area contributed by atoms with Gasteiger partial charge >= 0.3 is 0 Å². The van der Waals surface area contributed by atoms with Gasteiger partial charge in [0, 0.05) is 16.7 Å². The number of para-hydroxylation sites is 1. The molecule has 0 unspecified atom stereocenters. The second-order valence-corrected chi connectivity index (χ2v) is 4.59.